The van der Waals surface area contributed by atoms with Crippen molar-refractivity contribution in [2.45, 2.75) is 44.7 Å². The summed E-state index contributed by atoms with van der Waals surface area (Å²) in [5, 5.41) is 9.70. The zero-order valence-corrected chi connectivity index (χ0v) is 10.7. The number of piperidine rings is 1. The molecule has 94 valence electrons. The molecule has 1 aromatic carbocycles. The molecule has 0 saturated carbocycles. The normalized spacial score (nSPS) is 23.5. The molecular formula is C15H23NO. The van der Waals surface area contributed by atoms with Crippen molar-refractivity contribution in [1.29, 1.82) is 0 Å². The number of hydrogen-bond acceptors (Lipinski definition) is 2. The van der Waals surface area contributed by atoms with Gasteiger partial charge in [-0.05, 0) is 31.4 Å². The third-order valence-electron chi connectivity index (χ3n) is 3.90. The van der Waals surface area contributed by atoms with Crippen LogP contribution in [-0.4, -0.2) is 29.2 Å². The summed E-state index contributed by atoms with van der Waals surface area (Å²) in [6, 6.07) is 11.2. The largest absolute Gasteiger partial charge is 0.394 e. The third kappa shape index (κ3) is 2.88. The Bertz CT molecular complexity index is 325. The van der Waals surface area contributed by atoms with Crippen LogP contribution < -0.4 is 0 Å². The van der Waals surface area contributed by atoms with E-state index in [1.165, 1.54) is 31.2 Å². The highest BCUT2D eigenvalue weighted by molar-refractivity contribution is 5.19. The highest BCUT2D eigenvalue weighted by atomic mass is 16.3. The molecular weight excluding hydrogens is 210 g/mol. The fourth-order valence-corrected chi connectivity index (χ4v) is 2.95. The van der Waals surface area contributed by atoms with Gasteiger partial charge < -0.3 is 5.11 Å². The van der Waals surface area contributed by atoms with Gasteiger partial charge in [0.15, 0.2) is 0 Å². The predicted molar refractivity (Wildman–Crippen MR) is 70.9 cm³/mol. The lowest BCUT2D eigenvalue weighted by atomic mass is 9.95. The van der Waals surface area contributed by atoms with Gasteiger partial charge in [0, 0.05) is 6.04 Å². The number of likely N-dealkylation sites (tertiary alicyclic amines) is 1. The molecule has 2 heteroatoms. The van der Waals surface area contributed by atoms with E-state index < -0.39 is 0 Å². The minimum absolute atomic E-state index is 0.182. The number of rotatable bonds is 4. The molecule has 0 aliphatic carbocycles. The van der Waals surface area contributed by atoms with Gasteiger partial charge >= 0.3 is 0 Å². The summed E-state index contributed by atoms with van der Waals surface area (Å²) < 4.78 is 0. The Hall–Kier alpha value is -0.860. The number of benzene rings is 1. The van der Waals surface area contributed by atoms with E-state index in [2.05, 4.69) is 36.1 Å². The van der Waals surface area contributed by atoms with Crippen LogP contribution in [0.2, 0.25) is 0 Å². The topological polar surface area (TPSA) is 23.5 Å². The summed E-state index contributed by atoms with van der Waals surface area (Å²) in [6.45, 7) is 3.60. The van der Waals surface area contributed by atoms with E-state index in [-0.39, 0.29) is 12.6 Å². The molecule has 0 bridgehead atoms. The zero-order valence-electron chi connectivity index (χ0n) is 10.7. The van der Waals surface area contributed by atoms with Crippen LogP contribution >= 0.6 is 0 Å². The highest BCUT2D eigenvalue weighted by Gasteiger charge is 2.28. The maximum absolute atomic E-state index is 9.70. The van der Waals surface area contributed by atoms with Crippen molar-refractivity contribution in [2.75, 3.05) is 13.2 Å². The number of hydrogen-bond donors (Lipinski definition) is 1. The molecule has 1 aliphatic heterocycles. The van der Waals surface area contributed by atoms with E-state index in [4.69, 9.17) is 0 Å². The summed E-state index contributed by atoms with van der Waals surface area (Å²) in [6.07, 6.45) is 5.06. The summed E-state index contributed by atoms with van der Waals surface area (Å²) in [5.41, 5.74) is 1.25. The molecule has 17 heavy (non-hydrogen) atoms. The molecule has 1 N–H and O–H groups in total. The van der Waals surface area contributed by atoms with E-state index >= 15 is 0 Å². The Morgan fingerprint density at radius 1 is 1.29 bits per heavy atom. The van der Waals surface area contributed by atoms with Gasteiger partial charge in [-0.2, -0.15) is 0 Å². The fourth-order valence-electron chi connectivity index (χ4n) is 2.95. The smallest absolute Gasteiger partial charge is 0.0628 e. The van der Waals surface area contributed by atoms with Crippen LogP contribution in [0.4, 0.5) is 0 Å². The van der Waals surface area contributed by atoms with Gasteiger partial charge in [-0.25, -0.2) is 0 Å². The quantitative estimate of drug-likeness (QED) is 0.864. The average Bonchev–Trinajstić information content (AvgIpc) is 2.41. The Kier molecular flexibility index (Phi) is 4.57. The van der Waals surface area contributed by atoms with E-state index in [1.807, 2.05) is 6.07 Å². The van der Waals surface area contributed by atoms with Crippen molar-refractivity contribution in [2.24, 2.45) is 0 Å². The van der Waals surface area contributed by atoms with Gasteiger partial charge in [0.05, 0.1) is 12.6 Å². The maximum Gasteiger partial charge on any atom is 0.0628 e. The molecule has 0 unspecified atom stereocenters. The van der Waals surface area contributed by atoms with Crippen molar-refractivity contribution >= 4 is 0 Å². The van der Waals surface area contributed by atoms with Crippen LogP contribution in [0.1, 0.15) is 44.2 Å². The van der Waals surface area contributed by atoms with Crippen molar-refractivity contribution in [3.8, 4) is 0 Å². The van der Waals surface area contributed by atoms with Crippen LogP contribution in [0.15, 0.2) is 30.3 Å². The molecule has 2 nitrogen and oxygen atoms in total. The second-order valence-corrected chi connectivity index (χ2v) is 4.90. The van der Waals surface area contributed by atoms with Gasteiger partial charge in [-0.15, -0.1) is 0 Å². The van der Waals surface area contributed by atoms with Crippen LogP contribution in [0.3, 0.4) is 0 Å². The van der Waals surface area contributed by atoms with Crippen LogP contribution in [0.5, 0.6) is 0 Å². The van der Waals surface area contributed by atoms with Gasteiger partial charge in [-0.1, -0.05) is 43.7 Å². The number of nitrogens with zero attached hydrogens (tertiary/aromatic N) is 1. The van der Waals surface area contributed by atoms with Crippen LogP contribution in [0.25, 0.3) is 0 Å². The Balaban J connectivity index is 2.16. The molecule has 1 fully saturated rings. The van der Waals surface area contributed by atoms with Crippen molar-refractivity contribution in [1.82, 2.24) is 4.90 Å². The zero-order chi connectivity index (χ0) is 12.1. The van der Waals surface area contributed by atoms with Gasteiger partial charge in [0.2, 0.25) is 0 Å². The summed E-state index contributed by atoms with van der Waals surface area (Å²) in [7, 11) is 0. The van der Waals surface area contributed by atoms with Crippen molar-refractivity contribution in [3.05, 3.63) is 35.9 Å². The summed E-state index contributed by atoms with van der Waals surface area (Å²) >= 11 is 0. The highest BCUT2D eigenvalue weighted by Crippen LogP contribution is 2.29. The fraction of sp³-hybridized carbons (Fsp3) is 0.600. The molecule has 2 atom stereocenters. The molecule has 1 saturated heterocycles. The van der Waals surface area contributed by atoms with E-state index in [1.54, 1.807) is 0 Å². The first kappa shape index (κ1) is 12.6. The lowest BCUT2D eigenvalue weighted by Crippen LogP contribution is -2.42. The van der Waals surface area contributed by atoms with Crippen LogP contribution in [-0.2, 0) is 0 Å². The first-order valence-corrected chi connectivity index (χ1v) is 6.78. The maximum atomic E-state index is 9.70. The van der Waals surface area contributed by atoms with Gasteiger partial charge in [0.1, 0.15) is 0 Å². The lowest BCUT2D eigenvalue weighted by Gasteiger charge is -2.40. The minimum Gasteiger partial charge on any atom is -0.394 e. The molecule has 0 amide bonds. The SMILES string of the molecule is CC[C@H]1CCCCN1[C@H](CO)c1ccccc1. The monoisotopic (exact) mass is 233 g/mol. The molecule has 1 aliphatic rings. The van der Waals surface area contributed by atoms with Crippen LogP contribution in [0, 0.1) is 0 Å². The number of aliphatic hydroxyl groups is 1. The molecule has 1 aromatic rings. The van der Waals surface area contributed by atoms with E-state index in [0.717, 1.165) is 6.54 Å². The Labute approximate surface area is 104 Å². The number of aliphatic hydroxyl groups excluding tert-OH is 1. The first-order valence-electron chi connectivity index (χ1n) is 6.78. The first-order chi connectivity index (χ1) is 8.36. The van der Waals surface area contributed by atoms with Crippen molar-refractivity contribution in [3.63, 3.8) is 0 Å². The molecule has 0 aromatic heterocycles. The third-order valence-corrected chi connectivity index (χ3v) is 3.90. The molecule has 1 heterocycles. The Morgan fingerprint density at radius 2 is 2.06 bits per heavy atom. The molecule has 0 radical (unpaired) electrons. The van der Waals surface area contributed by atoms with Gasteiger partial charge in [0.25, 0.3) is 0 Å². The molecule has 2 rings (SSSR count). The second-order valence-electron chi connectivity index (χ2n) is 4.90. The minimum atomic E-state index is 0.182. The molecule has 0 spiro atoms. The van der Waals surface area contributed by atoms with Gasteiger partial charge in [-0.3, -0.25) is 4.90 Å². The lowest BCUT2D eigenvalue weighted by molar-refractivity contribution is 0.0546. The van der Waals surface area contributed by atoms with E-state index in [0.29, 0.717) is 6.04 Å². The Morgan fingerprint density at radius 3 is 2.71 bits per heavy atom. The average molecular weight is 233 g/mol. The summed E-state index contributed by atoms with van der Waals surface area (Å²) in [5.74, 6) is 0. The predicted octanol–water partition coefficient (Wildman–Crippen LogP) is 2.98. The van der Waals surface area contributed by atoms with E-state index in [9.17, 15) is 5.11 Å². The van der Waals surface area contributed by atoms with Crippen molar-refractivity contribution < 1.29 is 5.11 Å². The standard InChI is InChI=1S/C15H23NO/c1-2-14-10-6-7-11-16(14)15(12-17)13-8-4-3-5-9-13/h3-5,8-9,14-15,17H,2,6-7,10-12H2,1H3/t14-,15+/m0/s1. The summed E-state index contributed by atoms with van der Waals surface area (Å²) in [4.78, 5) is 2.50. The second kappa shape index (κ2) is 6.18.